The number of nitrogens with one attached hydrogen (secondary N) is 2. The lowest BCUT2D eigenvalue weighted by atomic mass is 10.0. The van der Waals surface area contributed by atoms with Gasteiger partial charge in [-0.05, 0) is 43.2 Å². The first-order valence-corrected chi connectivity index (χ1v) is 8.47. The van der Waals surface area contributed by atoms with E-state index < -0.39 is 5.41 Å². The Morgan fingerprint density at radius 2 is 1.54 bits per heavy atom. The Morgan fingerprint density at radius 1 is 0.923 bits per heavy atom. The molecule has 6 nitrogen and oxygen atoms in total. The van der Waals surface area contributed by atoms with E-state index in [0.29, 0.717) is 40.7 Å². The molecule has 0 unspecified atom stereocenters. The molecule has 1 fully saturated rings. The van der Waals surface area contributed by atoms with E-state index in [9.17, 15) is 9.59 Å². The van der Waals surface area contributed by atoms with Crippen molar-refractivity contribution in [1.29, 1.82) is 0 Å². The summed E-state index contributed by atoms with van der Waals surface area (Å²) in [6, 6.07) is 11.9. The van der Waals surface area contributed by atoms with E-state index in [1.165, 1.54) is 14.2 Å². The van der Waals surface area contributed by atoms with Crippen molar-refractivity contribution in [3.8, 4) is 11.5 Å². The maximum atomic E-state index is 12.7. The second-order valence-corrected chi connectivity index (χ2v) is 6.51. The minimum atomic E-state index is -1.06. The molecule has 1 saturated carbocycles. The van der Waals surface area contributed by atoms with Gasteiger partial charge >= 0.3 is 0 Å². The summed E-state index contributed by atoms with van der Waals surface area (Å²) in [5.41, 5.74) is 0.0392. The molecule has 7 heteroatoms. The number of methoxy groups -OCH3 is 2. The van der Waals surface area contributed by atoms with Crippen molar-refractivity contribution in [3.63, 3.8) is 0 Å². The number of benzene rings is 2. The molecule has 2 amide bonds. The highest BCUT2D eigenvalue weighted by molar-refractivity contribution is 6.31. The van der Waals surface area contributed by atoms with Gasteiger partial charge in [0, 0.05) is 22.5 Å². The zero-order chi connectivity index (χ0) is 18.7. The second kappa shape index (κ2) is 7.25. The fourth-order valence-corrected chi connectivity index (χ4v) is 2.85. The molecule has 1 aliphatic carbocycles. The first-order chi connectivity index (χ1) is 12.5. The normalized spacial score (nSPS) is 14.3. The maximum Gasteiger partial charge on any atom is 0.240 e. The van der Waals surface area contributed by atoms with Crippen LogP contribution in [0.3, 0.4) is 0 Å². The molecule has 26 heavy (non-hydrogen) atoms. The standard InChI is InChI=1S/C19H19ClN2O4/c1-25-15-7-6-14(11-16(15)26-2)22-18(24)19(8-9-19)17(23)21-13-5-3-4-12(20)10-13/h3-7,10-11H,8-9H2,1-2H3,(H,21,23)(H,22,24). The summed E-state index contributed by atoms with van der Waals surface area (Å²) >= 11 is 5.93. The lowest BCUT2D eigenvalue weighted by Crippen LogP contribution is -2.35. The van der Waals surface area contributed by atoms with Gasteiger partial charge in [0.15, 0.2) is 11.5 Å². The third-order valence-corrected chi connectivity index (χ3v) is 4.58. The molecule has 0 aromatic heterocycles. The molecule has 1 aliphatic rings. The van der Waals surface area contributed by atoms with E-state index in [0.717, 1.165) is 0 Å². The van der Waals surface area contributed by atoms with Crippen molar-refractivity contribution < 1.29 is 19.1 Å². The predicted octanol–water partition coefficient (Wildman–Crippen LogP) is 3.71. The van der Waals surface area contributed by atoms with Crippen LogP contribution in [-0.4, -0.2) is 26.0 Å². The van der Waals surface area contributed by atoms with Crippen LogP contribution in [0.25, 0.3) is 0 Å². The van der Waals surface area contributed by atoms with Gasteiger partial charge in [-0.1, -0.05) is 17.7 Å². The number of ether oxygens (including phenoxy) is 2. The number of amides is 2. The zero-order valence-corrected chi connectivity index (χ0v) is 15.2. The van der Waals surface area contributed by atoms with Crippen molar-refractivity contribution in [2.24, 2.45) is 5.41 Å². The van der Waals surface area contributed by atoms with Crippen LogP contribution in [0, 0.1) is 5.41 Å². The predicted molar refractivity (Wildman–Crippen MR) is 99.9 cm³/mol. The van der Waals surface area contributed by atoms with E-state index >= 15 is 0 Å². The third-order valence-electron chi connectivity index (χ3n) is 4.34. The van der Waals surface area contributed by atoms with Crippen LogP contribution in [0.1, 0.15) is 12.8 Å². The molecule has 0 bridgehead atoms. The second-order valence-electron chi connectivity index (χ2n) is 6.07. The van der Waals surface area contributed by atoms with Gasteiger partial charge in [0.05, 0.1) is 14.2 Å². The Morgan fingerprint density at radius 3 is 2.08 bits per heavy atom. The maximum absolute atomic E-state index is 12.7. The minimum Gasteiger partial charge on any atom is -0.493 e. The van der Waals surface area contributed by atoms with Gasteiger partial charge in [-0.3, -0.25) is 9.59 Å². The van der Waals surface area contributed by atoms with Gasteiger partial charge in [-0.15, -0.1) is 0 Å². The molecule has 0 heterocycles. The fraction of sp³-hybridized carbons (Fsp3) is 0.263. The average molecular weight is 375 g/mol. The average Bonchev–Trinajstić information content (AvgIpc) is 3.43. The highest BCUT2D eigenvalue weighted by atomic mass is 35.5. The minimum absolute atomic E-state index is 0.335. The van der Waals surface area contributed by atoms with E-state index in [-0.39, 0.29) is 11.8 Å². The summed E-state index contributed by atoms with van der Waals surface area (Å²) in [4.78, 5) is 25.3. The largest absolute Gasteiger partial charge is 0.493 e. The van der Waals surface area contributed by atoms with Gasteiger partial charge in [-0.2, -0.15) is 0 Å². The molecule has 2 aromatic carbocycles. The molecule has 2 aromatic rings. The quantitative estimate of drug-likeness (QED) is 0.755. The summed E-state index contributed by atoms with van der Waals surface area (Å²) < 4.78 is 10.4. The Bertz CT molecular complexity index is 849. The molecular formula is C19H19ClN2O4. The van der Waals surface area contributed by atoms with Crippen LogP contribution < -0.4 is 20.1 Å². The van der Waals surface area contributed by atoms with Crippen molar-refractivity contribution in [3.05, 3.63) is 47.5 Å². The first kappa shape index (κ1) is 18.1. The number of hydrogen-bond acceptors (Lipinski definition) is 4. The van der Waals surface area contributed by atoms with Crippen molar-refractivity contribution >= 4 is 34.8 Å². The summed E-state index contributed by atoms with van der Waals surface area (Å²) in [6.07, 6.45) is 0.997. The van der Waals surface area contributed by atoms with Crippen molar-refractivity contribution in [1.82, 2.24) is 0 Å². The summed E-state index contributed by atoms with van der Waals surface area (Å²) in [6.45, 7) is 0. The molecule has 0 radical (unpaired) electrons. The Labute approximate surface area is 156 Å². The Hall–Kier alpha value is -2.73. The third kappa shape index (κ3) is 3.60. The van der Waals surface area contributed by atoms with Gasteiger partial charge < -0.3 is 20.1 Å². The van der Waals surface area contributed by atoms with Crippen molar-refractivity contribution in [2.45, 2.75) is 12.8 Å². The van der Waals surface area contributed by atoms with Crippen molar-refractivity contribution in [2.75, 3.05) is 24.9 Å². The number of anilines is 2. The number of carbonyl (C=O) groups excluding carboxylic acids is 2. The van der Waals surface area contributed by atoms with E-state index in [1.807, 2.05) is 0 Å². The summed E-state index contributed by atoms with van der Waals surface area (Å²) in [5.74, 6) is 0.380. The van der Waals surface area contributed by atoms with Crippen LogP contribution in [-0.2, 0) is 9.59 Å². The topological polar surface area (TPSA) is 76.7 Å². The lowest BCUT2D eigenvalue weighted by Gasteiger charge is -2.16. The number of carbonyl (C=O) groups is 2. The van der Waals surface area contributed by atoms with Gasteiger partial charge in [0.1, 0.15) is 5.41 Å². The molecule has 0 saturated heterocycles. The molecule has 0 spiro atoms. The van der Waals surface area contributed by atoms with Crippen LogP contribution in [0.15, 0.2) is 42.5 Å². The fourth-order valence-electron chi connectivity index (χ4n) is 2.66. The Balaban J connectivity index is 1.72. The highest BCUT2D eigenvalue weighted by Gasteiger charge is 2.56. The van der Waals surface area contributed by atoms with Gasteiger partial charge in [0.25, 0.3) is 0 Å². The lowest BCUT2D eigenvalue weighted by molar-refractivity contribution is -0.131. The van der Waals surface area contributed by atoms with E-state index in [4.69, 9.17) is 21.1 Å². The smallest absolute Gasteiger partial charge is 0.240 e. The molecule has 3 rings (SSSR count). The highest BCUT2D eigenvalue weighted by Crippen LogP contribution is 2.47. The van der Waals surface area contributed by atoms with Crippen LogP contribution >= 0.6 is 11.6 Å². The zero-order valence-electron chi connectivity index (χ0n) is 14.5. The van der Waals surface area contributed by atoms with Crippen LogP contribution in [0.4, 0.5) is 11.4 Å². The van der Waals surface area contributed by atoms with Gasteiger partial charge in [0.2, 0.25) is 11.8 Å². The molecule has 0 atom stereocenters. The number of hydrogen-bond donors (Lipinski definition) is 2. The summed E-state index contributed by atoms with van der Waals surface area (Å²) in [7, 11) is 3.06. The molecule has 136 valence electrons. The van der Waals surface area contributed by atoms with E-state index in [2.05, 4.69) is 10.6 Å². The van der Waals surface area contributed by atoms with E-state index in [1.54, 1.807) is 42.5 Å². The van der Waals surface area contributed by atoms with Gasteiger partial charge in [-0.25, -0.2) is 0 Å². The molecular weight excluding hydrogens is 356 g/mol. The first-order valence-electron chi connectivity index (χ1n) is 8.09. The SMILES string of the molecule is COc1ccc(NC(=O)C2(C(=O)Nc3cccc(Cl)c3)CC2)cc1OC. The number of rotatable bonds is 6. The molecule has 2 N–H and O–H groups in total. The monoisotopic (exact) mass is 374 g/mol. The summed E-state index contributed by atoms with van der Waals surface area (Å²) in [5, 5.41) is 6.07. The molecule has 0 aliphatic heterocycles. The Kier molecular flexibility index (Phi) is 5.04. The van der Waals surface area contributed by atoms with Crippen LogP contribution in [0.2, 0.25) is 5.02 Å². The number of halogens is 1. The van der Waals surface area contributed by atoms with Crippen LogP contribution in [0.5, 0.6) is 11.5 Å².